The van der Waals surface area contributed by atoms with Crippen LogP contribution in [0.2, 0.25) is 0 Å². The molecule has 0 saturated carbocycles. The molecule has 224 valence electrons. The maximum atomic E-state index is 12.9. The van der Waals surface area contributed by atoms with Gasteiger partial charge in [0.05, 0.1) is 18.7 Å². The van der Waals surface area contributed by atoms with E-state index in [-0.39, 0.29) is 23.1 Å². The fourth-order valence-electron chi connectivity index (χ4n) is 4.17. The zero-order valence-corrected chi connectivity index (χ0v) is 22.9. The van der Waals surface area contributed by atoms with Gasteiger partial charge in [0.1, 0.15) is 28.5 Å². The van der Waals surface area contributed by atoms with Gasteiger partial charge in [-0.05, 0) is 42.5 Å². The molecule has 0 atom stereocenters. The van der Waals surface area contributed by atoms with Gasteiger partial charge < -0.3 is 19.5 Å². The zero-order chi connectivity index (χ0) is 30.4. The Labute approximate surface area is 243 Å². The minimum Gasteiger partial charge on any atom is -0.457 e. The minimum absolute atomic E-state index is 0.0368. The molecular formula is C28H26F3N7O5. The molecule has 1 fully saturated rings. The number of amides is 2. The van der Waals surface area contributed by atoms with Gasteiger partial charge in [-0.25, -0.2) is 4.98 Å². The van der Waals surface area contributed by atoms with Gasteiger partial charge in [0, 0.05) is 57.1 Å². The smallest absolute Gasteiger partial charge is 0.457 e. The van der Waals surface area contributed by atoms with Crippen molar-refractivity contribution < 1.29 is 37.0 Å². The van der Waals surface area contributed by atoms with Crippen LogP contribution in [-0.4, -0.2) is 89.7 Å². The molecule has 3 heterocycles. The fraction of sp³-hybridized carbons (Fsp3) is 0.286. The summed E-state index contributed by atoms with van der Waals surface area (Å²) in [6, 6.07) is 12.5. The average molecular weight is 598 g/mol. The van der Waals surface area contributed by atoms with Crippen molar-refractivity contribution in [2.24, 2.45) is 0 Å². The van der Waals surface area contributed by atoms with Gasteiger partial charge in [0.2, 0.25) is 0 Å². The quantitative estimate of drug-likeness (QED) is 0.306. The summed E-state index contributed by atoms with van der Waals surface area (Å²) in [5.41, 5.74) is 1.09. The average Bonchev–Trinajstić information content (AvgIpc) is 3.00. The number of nitrogens with zero attached hydrogens (tertiary/aromatic N) is 6. The number of carbonyl (C=O) groups is 2. The lowest BCUT2D eigenvalue weighted by Gasteiger charge is -2.26. The van der Waals surface area contributed by atoms with Gasteiger partial charge in [-0.15, -0.1) is 23.4 Å². The summed E-state index contributed by atoms with van der Waals surface area (Å²) in [6.07, 6.45) is -3.37. The second kappa shape index (κ2) is 13.0. The number of benzene rings is 2. The molecular weight excluding hydrogens is 571 g/mol. The van der Waals surface area contributed by atoms with Crippen molar-refractivity contribution in [1.29, 1.82) is 0 Å². The lowest BCUT2D eigenvalue weighted by atomic mass is 10.2. The van der Waals surface area contributed by atoms with E-state index in [0.717, 1.165) is 30.1 Å². The first kappa shape index (κ1) is 29.6. The van der Waals surface area contributed by atoms with Crippen molar-refractivity contribution in [1.82, 2.24) is 30.4 Å². The van der Waals surface area contributed by atoms with Crippen LogP contribution in [0.15, 0.2) is 60.8 Å². The number of fused-ring (bicyclic) bond motifs is 1. The van der Waals surface area contributed by atoms with E-state index in [4.69, 9.17) is 9.47 Å². The topological polar surface area (TPSA) is 132 Å². The van der Waals surface area contributed by atoms with Crippen LogP contribution >= 0.6 is 0 Å². The Morgan fingerprint density at radius 3 is 2.44 bits per heavy atom. The summed E-state index contributed by atoms with van der Waals surface area (Å²) in [7, 11) is 1.41. The minimum atomic E-state index is -4.84. The van der Waals surface area contributed by atoms with Crippen molar-refractivity contribution in [3.05, 3.63) is 72.1 Å². The second-order valence-corrected chi connectivity index (χ2v) is 9.39. The van der Waals surface area contributed by atoms with Gasteiger partial charge in [0.15, 0.2) is 0 Å². The van der Waals surface area contributed by atoms with Crippen molar-refractivity contribution in [2.75, 3.05) is 51.3 Å². The SMILES string of the molecule is CN(C(=O)c1ccc(OC(F)(F)F)cc1)c1nnc2ccc(Oc3ccnc(C(=O)NCCN4CCOCC4)c3)cc2n1. The fourth-order valence-corrected chi connectivity index (χ4v) is 4.17. The highest BCUT2D eigenvalue weighted by Crippen LogP contribution is 2.26. The van der Waals surface area contributed by atoms with Crippen LogP contribution in [0, 0.1) is 0 Å². The molecule has 0 radical (unpaired) electrons. The van der Waals surface area contributed by atoms with Crippen molar-refractivity contribution in [3.8, 4) is 17.2 Å². The number of hydrogen-bond acceptors (Lipinski definition) is 10. The first-order valence-electron chi connectivity index (χ1n) is 13.2. The molecule has 2 amide bonds. The molecule has 2 aromatic heterocycles. The summed E-state index contributed by atoms with van der Waals surface area (Å²) in [5, 5.41) is 10.9. The van der Waals surface area contributed by atoms with E-state index in [0.29, 0.717) is 48.8 Å². The molecule has 4 aromatic rings. The monoisotopic (exact) mass is 597 g/mol. The number of rotatable bonds is 9. The molecule has 0 unspecified atom stereocenters. The summed E-state index contributed by atoms with van der Waals surface area (Å²) in [5.74, 6) is -0.620. The van der Waals surface area contributed by atoms with E-state index in [9.17, 15) is 22.8 Å². The number of halogens is 3. The Morgan fingerprint density at radius 2 is 1.70 bits per heavy atom. The van der Waals surface area contributed by atoms with Gasteiger partial charge in [-0.2, -0.15) is 0 Å². The standard InChI is InChI=1S/C28H26F3N7O5/c1-37(26(40)18-2-4-19(5-3-18)43-28(29,30)31)27-34-23-16-20(6-7-22(23)35-36-27)42-21-8-9-32-24(17-21)25(39)33-10-11-38-12-14-41-15-13-38/h2-9,16-17H,10-15H2,1H3,(H,33,39). The lowest BCUT2D eigenvalue weighted by Crippen LogP contribution is -2.41. The zero-order valence-electron chi connectivity index (χ0n) is 22.9. The van der Waals surface area contributed by atoms with Crippen LogP contribution in [0.5, 0.6) is 17.2 Å². The Balaban J connectivity index is 1.24. The van der Waals surface area contributed by atoms with E-state index in [2.05, 4.69) is 35.1 Å². The third-order valence-electron chi connectivity index (χ3n) is 6.37. The number of anilines is 1. The number of nitrogens with one attached hydrogen (secondary N) is 1. The molecule has 12 nitrogen and oxygen atoms in total. The molecule has 0 aliphatic carbocycles. The van der Waals surface area contributed by atoms with E-state index in [1.54, 1.807) is 24.3 Å². The first-order valence-corrected chi connectivity index (χ1v) is 13.2. The van der Waals surface area contributed by atoms with Crippen LogP contribution in [0.3, 0.4) is 0 Å². The molecule has 43 heavy (non-hydrogen) atoms. The molecule has 15 heteroatoms. The van der Waals surface area contributed by atoms with Gasteiger partial charge in [0.25, 0.3) is 17.8 Å². The van der Waals surface area contributed by atoms with E-state index >= 15 is 0 Å². The van der Waals surface area contributed by atoms with Crippen LogP contribution < -0.4 is 19.7 Å². The van der Waals surface area contributed by atoms with E-state index in [1.165, 1.54) is 31.4 Å². The van der Waals surface area contributed by atoms with E-state index in [1.807, 2.05) is 0 Å². The predicted molar refractivity (Wildman–Crippen MR) is 147 cm³/mol. The third-order valence-corrected chi connectivity index (χ3v) is 6.37. The van der Waals surface area contributed by atoms with Crippen molar-refractivity contribution in [3.63, 3.8) is 0 Å². The Kier molecular flexibility index (Phi) is 8.92. The van der Waals surface area contributed by atoms with Gasteiger partial charge in [-0.1, -0.05) is 0 Å². The highest BCUT2D eigenvalue weighted by molar-refractivity contribution is 6.05. The lowest BCUT2D eigenvalue weighted by molar-refractivity contribution is -0.274. The number of alkyl halides is 3. The van der Waals surface area contributed by atoms with E-state index < -0.39 is 18.0 Å². The first-order chi connectivity index (χ1) is 20.6. The highest BCUT2D eigenvalue weighted by atomic mass is 19.4. The van der Waals surface area contributed by atoms with Crippen LogP contribution in [-0.2, 0) is 4.74 Å². The Morgan fingerprint density at radius 1 is 0.977 bits per heavy atom. The summed E-state index contributed by atoms with van der Waals surface area (Å²) >= 11 is 0. The summed E-state index contributed by atoms with van der Waals surface area (Å²) in [6.45, 7) is 4.21. The summed E-state index contributed by atoms with van der Waals surface area (Å²) in [4.78, 5) is 37.4. The number of carbonyl (C=O) groups excluding carboxylic acids is 2. The number of morpholine rings is 1. The number of ether oxygens (including phenoxy) is 3. The number of hydrogen-bond donors (Lipinski definition) is 1. The molecule has 1 N–H and O–H groups in total. The van der Waals surface area contributed by atoms with Gasteiger partial charge in [-0.3, -0.25) is 24.4 Å². The molecule has 1 aliphatic rings. The van der Waals surface area contributed by atoms with Gasteiger partial charge >= 0.3 is 6.36 Å². The summed E-state index contributed by atoms with van der Waals surface area (Å²) < 4.78 is 52.4. The Bertz CT molecular complexity index is 1600. The molecule has 0 bridgehead atoms. The van der Waals surface area contributed by atoms with Crippen LogP contribution in [0.4, 0.5) is 19.1 Å². The molecule has 2 aromatic carbocycles. The Hall–Kier alpha value is -4.89. The van der Waals surface area contributed by atoms with Crippen molar-refractivity contribution in [2.45, 2.75) is 6.36 Å². The van der Waals surface area contributed by atoms with Crippen molar-refractivity contribution >= 4 is 28.8 Å². The molecule has 5 rings (SSSR count). The molecule has 1 aliphatic heterocycles. The van der Waals surface area contributed by atoms with Crippen LogP contribution in [0.1, 0.15) is 20.8 Å². The van der Waals surface area contributed by atoms with Crippen LogP contribution in [0.25, 0.3) is 11.0 Å². The maximum absolute atomic E-state index is 12.9. The number of pyridine rings is 1. The predicted octanol–water partition coefficient (Wildman–Crippen LogP) is 3.45. The normalized spacial score (nSPS) is 13.9. The maximum Gasteiger partial charge on any atom is 0.573 e. The number of aromatic nitrogens is 4. The highest BCUT2D eigenvalue weighted by Gasteiger charge is 2.31. The second-order valence-electron chi connectivity index (χ2n) is 9.39. The largest absolute Gasteiger partial charge is 0.573 e. The molecule has 0 spiro atoms. The molecule has 1 saturated heterocycles. The third kappa shape index (κ3) is 7.90.